The normalized spacial score (nSPS) is 15.5. The van der Waals surface area contributed by atoms with Crippen LogP contribution in [-0.4, -0.2) is 110 Å². The van der Waals surface area contributed by atoms with Gasteiger partial charge in [-0.25, -0.2) is 4.79 Å². The number of amides is 2. The Morgan fingerprint density at radius 2 is 1.79 bits per heavy atom. The maximum atomic E-state index is 11.9. The Balaban J connectivity index is 1.53. The van der Waals surface area contributed by atoms with Gasteiger partial charge in [-0.05, 0) is 24.1 Å². The van der Waals surface area contributed by atoms with Gasteiger partial charge in [-0.3, -0.25) is 4.79 Å². The number of rotatable bonds is 14. The lowest BCUT2D eigenvalue weighted by Crippen LogP contribution is -2.47. The second kappa shape index (κ2) is 15.4. The Morgan fingerprint density at radius 3 is 2.48 bits per heavy atom. The number of aliphatic hydroxyl groups is 3. The van der Waals surface area contributed by atoms with Crippen LogP contribution in [0.5, 0.6) is 5.75 Å². The summed E-state index contributed by atoms with van der Waals surface area (Å²) in [6, 6.07) is 7.07. The van der Waals surface area contributed by atoms with E-state index in [1.807, 2.05) is 12.1 Å². The van der Waals surface area contributed by atoms with E-state index in [1.54, 1.807) is 17.0 Å². The predicted octanol–water partition coefficient (Wildman–Crippen LogP) is -1.11. The van der Waals surface area contributed by atoms with Crippen LogP contribution in [0, 0.1) is 0 Å². The van der Waals surface area contributed by atoms with Crippen LogP contribution in [-0.2, 0) is 20.7 Å². The molecule has 5 N–H and O–H groups in total. The number of benzene rings is 1. The van der Waals surface area contributed by atoms with E-state index >= 15 is 0 Å². The second-order valence-electron chi connectivity index (χ2n) is 7.66. The van der Waals surface area contributed by atoms with Gasteiger partial charge in [0, 0.05) is 39.1 Å². The zero-order chi connectivity index (χ0) is 23.9. The Bertz CT molecular complexity index is 697. The highest BCUT2D eigenvalue weighted by Crippen LogP contribution is 2.14. The van der Waals surface area contributed by atoms with Crippen LogP contribution in [0.2, 0.25) is 0 Å². The Kier molecular flexibility index (Phi) is 12.5. The molecule has 1 heterocycles. The summed E-state index contributed by atoms with van der Waals surface area (Å²) in [5, 5.41) is 33.8. The number of nitrogens with one attached hydrogen (secondary N) is 2. The van der Waals surface area contributed by atoms with Gasteiger partial charge in [0.05, 0.1) is 19.8 Å². The number of morpholine rings is 1. The number of ether oxygens (including phenoxy) is 3. The first-order valence-corrected chi connectivity index (χ1v) is 11.1. The average Bonchev–Trinajstić information content (AvgIpc) is 2.85. The van der Waals surface area contributed by atoms with Gasteiger partial charge in [-0.15, -0.1) is 0 Å². The standard InChI is InChI=1S/C22H35N3O8/c26-14-19(28)16-33-21(29)6-3-17-1-4-20(5-2-17)32-15-18(27)13-23-7-8-24-22(30)25-9-11-31-12-10-25/h1-2,4-5,18-19,23,26-28H,3,6-16H2,(H,24,30)/t18-,19-/m1/s1. The molecule has 2 atom stereocenters. The summed E-state index contributed by atoms with van der Waals surface area (Å²) in [6.45, 7) is 3.09. The molecule has 33 heavy (non-hydrogen) atoms. The van der Waals surface area contributed by atoms with E-state index in [1.165, 1.54) is 0 Å². The molecule has 1 aliphatic rings. The van der Waals surface area contributed by atoms with E-state index in [-0.39, 0.29) is 25.7 Å². The van der Waals surface area contributed by atoms with Crippen molar-refractivity contribution in [1.29, 1.82) is 0 Å². The Labute approximate surface area is 193 Å². The predicted molar refractivity (Wildman–Crippen MR) is 119 cm³/mol. The van der Waals surface area contributed by atoms with Crippen LogP contribution >= 0.6 is 0 Å². The van der Waals surface area contributed by atoms with Crippen molar-refractivity contribution in [3.8, 4) is 5.75 Å². The maximum absolute atomic E-state index is 11.9. The molecule has 11 nitrogen and oxygen atoms in total. The fourth-order valence-electron chi connectivity index (χ4n) is 2.97. The smallest absolute Gasteiger partial charge is 0.317 e. The zero-order valence-corrected chi connectivity index (χ0v) is 18.8. The third-order valence-corrected chi connectivity index (χ3v) is 4.89. The van der Waals surface area contributed by atoms with E-state index in [0.29, 0.717) is 58.1 Å². The summed E-state index contributed by atoms with van der Waals surface area (Å²) in [6.07, 6.45) is -1.13. The van der Waals surface area contributed by atoms with E-state index < -0.39 is 24.8 Å². The Hall–Kier alpha value is -2.44. The lowest BCUT2D eigenvalue weighted by molar-refractivity contribution is -0.147. The highest BCUT2D eigenvalue weighted by molar-refractivity contribution is 5.74. The number of esters is 1. The minimum absolute atomic E-state index is 0.107. The van der Waals surface area contributed by atoms with Crippen molar-refractivity contribution in [3.05, 3.63) is 29.8 Å². The van der Waals surface area contributed by atoms with Gasteiger partial charge in [0.25, 0.3) is 0 Å². The van der Waals surface area contributed by atoms with Crippen LogP contribution in [0.3, 0.4) is 0 Å². The van der Waals surface area contributed by atoms with Crippen molar-refractivity contribution < 1.29 is 39.1 Å². The largest absolute Gasteiger partial charge is 0.491 e. The lowest BCUT2D eigenvalue weighted by Gasteiger charge is -2.27. The van der Waals surface area contributed by atoms with Gasteiger partial charge < -0.3 is 45.1 Å². The van der Waals surface area contributed by atoms with E-state index in [0.717, 1.165) is 5.56 Å². The molecule has 2 amide bonds. The first-order chi connectivity index (χ1) is 16.0. The number of urea groups is 1. The summed E-state index contributed by atoms with van der Waals surface area (Å²) in [5.74, 6) is 0.156. The van der Waals surface area contributed by atoms with E-state index in [2.05, 4.69) is 10.6 Å². The number of aliphatic hydroxyl groups excluding tert-OH is 3. The van der Waals surface area contributed by atoms with Crippen molar-refractivity contribution in [3.63, 3.8) is 0 Å². The number of carbonyl (C=O) groups is 2. The molecule has 2 rings (SSSR count). The molecule has 1 saturated heterocycles. The molecule has 1 aliphatic heterocycles. The highest BCUT2D eigenvalue weighted by atomic mass is 16.5. The minimum atomic E-state index is -1.06. The monoisotopic (exact) mass is 469 g/mol. The number of carbonyl (C=O) groups excluding carboxylic acids is 2. The fourth-order valence-corrected chi connectivity index (χ4v) is 2.97. The SMILES string of the molecule is O=C(CCc1ccc(OC[C@H](O)CNCCNC(=O)N2CCOCC2)cc1)OC[C@H](O)CO. The number of aryl methyl sites for hydroxylation is 1. The van der Waals surface area contributed by atoms with E-state index in [4.69, 9.17) is 24.4 Å². The third-order valence-electron chi connectivity index (χ3n) is 4.89. The molecule has 1 fully saturated rings. The quantitative estimate of drug-likeness (QED) is 0.169. The summed E-state index contributed by atoms with van der Waals surface area (Å²) >= 11 is 0. The van der Waals surface area contributed by atoms with Crippen LogP contribution in [0.15, 0.2) is 24.3 Å². The first kappa shape index (κ1) is 26.8. The van der Waals surface area contributed by atoms with Crippen LogP contribution in [0.25, 0.3) is 0 Å². The molecule has 0 aromatic heterocycles. The molecular formula is C22H35N3O8. The van der Waals surface area contributed by atoms with Gasteiger partial charge in [-0.2, -0.15) is 0 Å². The van der Waals surface area contributed by atoms with Crippen LogP contribution in [0.4, 0.5) is 4.79 Å². The van der Waals surface area contributed by atoms with Crippen molar-refractivity contribution in [1.82, 2.24) is 15.5 Å². The summed E-state index contributed by atoms with van der Waals surface area (Å²) in [5.41, 5.74) is 0.920. The van der Waals surface area contributed by atoms with Crippen molar-refractivity contribution in [2.24, 2.45) is 0 Å². The van der Waals surface area contributed by atoms with E-state index in [9.17, 15) is 14.7 Å². The van der Waals surface area contributed by atoms with Crippen molar-refractivity contribution >= 4 is 12.0 Å². The van der Waals surface area contributed by atoms with Crippen molar-refractivity contribution in [2.45, 2.75) is 25.0 Å². The molecule has 0 aliphatic carbocycles. The molecule has 0 saturated carbocycles. The van der Waals surface area contributed by atoms with Gasteiger partial charge >= 0.3 is 12.0 Å². The molecule has 1 aromatic rings. The topological polar surface area (TPSA) is 150 Å². The first-order valence-electron chi connectivity index (χ1n) is 11.1. The minimum Gasteiger partial charge on any atom is -0.491 e. The van der Waals surface area contributed by atoms with Gasteiger partial charge in [0.1, 0.15) is 31.2 Å². The summed E-state index contributed by atoms with van der Waals surface area (Å²) in [4.78, 5) is 25.3. The lowest BCUT2D eigenvalue weighted by atomic mass is 10.1. The number of hydrogen-bond donors (Lipinski definition) is 5. The number of nitrogens with zero attached hydrogens (tertiary/aromatic N) is 1. The zero-order valence-electron chi connectivity index (χ0n) is 18.8. The van der Waals surface area contributed by atoms with Crippen molar-refractivity contribution in [2.75, 3.05) is 65.8 Å². The van der Waals surface area contributed by atoms with Crippen LogP contribution in [0.1, 0.15) is 12.0 Å². The summed E-state index contributed by atoms with van der Waals surface area (Å²) in [7, 11) is 0. The Morgan fingerprint density at radius 1 is 1.06 bits per heavy atom. The number of hydrogen-bond acceptors (Lipinski definition) is 9. The van der Waals surface area contributed by atoms with Gasteiger partial charge in [0.2, 0.25) is 0 Å². The van der Waals surface area contributed by atoms with Gasteiger partial charge in [0.15, 0.2) is 0 Å². The second-order valence-corrected chi connectivity index (χ2v) is 7.66. The molecule has 0 unspecified atom stereocenters. The summed E-state index contributed by atoms with van der Waals surface area (Å²) < 4.78 is 15.6. The molecule has 0 spiro atoms. The molecule has 0 bridgehead atoms. The molecule has 186 valence electrons. The maximum Gasteiger partial charge on any atom is 0.317 e. The molecular weight excluding hydrogens is 434 g/mol. The highest BCUT2D eigenvalue weighted by Gasteiger charge is 2.15. The average molecular weight is 470 g/mol. The third kappa shape index (κ3) is 11.3. The van der Waals surface area contributed by atoms with Gasteiger partial charge in [-0.1, -0.05) is 12.1 Å². The molecule has 0 radical (unpaired) electrons. The fraction of sp³-hybridized carbons (Fsp3) is 0.636. The molecule has 11 heteroatoms. The molecule has 1 aromatic carbocycles. The van der Waals surface area contributed by atoms with Crippen LogP contribution < -0.4 is 15.4 Å².